The summed E-state index contributed by atoms with van der Waals surface area (Å²) in [5, 5.41) is 8.77. The van der Waals surface area contributed by atoms with Gasteiger partial charge in [0.25, 0.3) is 5.89 Å². The normalized spacial score (nSPS) is 15.9. The molecule has 0 fully saturated rings. The highest BCUT2D eigenvalue weighted by Crippen LogP contribution is 2.30. The smallest absolute Gasteiger partial charge is 0.278 e. The van der Waals surface area contributed by atoms with Crippen molar-refractivity contribution in [3.8, 4) is 28.7 Å². The van der Waals surface area contributed by atoms with E-state index in [4.69, 9.17) is 14.0 Å². The summed E-state index contributed by atoms with van der Waals surface area (Å²) in [5.74, 6) is 1.79. The van der Waals surface area contributed by atoms with E-state index in [9.17, 15) is 0 Å². The number of rotatable bonds is 4. The minimum atomic E-state index is -0.0630. The van der Waals surface area contributed by atoms with E-state index in [0.29, 0.717) is 30.6 Å². The van der Waals surface area contributed by atoms with E-state index in [1.165, 1.54) is 5.56 Å². The largest absolute Gasteiger partial charge is 0.497 e. The van der Waals surface area contributed by atoms with E-state index in [0.717, 1.165) is 22.6 Å². The fraction of sp³-hybridized carbons (Fsp3) is 0.227. The standard InChI is InChI=1S/C22H20N4O3/c1-14-3-5-16(6-4-14)21-23-22(29-25-21)19-11-17-13-28-20(12-26(17)24-19)15-7-9-18(27-2)10-8-15/h3-11,20H,12-13H2,1-2H3/t20-/m0/s1. The molecule has 0 aliphatic carbocycles. The molecule has 0 amide bonds. The lowest BCUT2D eigenvalue weighted by Gasteiger charge is -2.24. The zero-order valence-electron chi connectivity index (χ0n) is 16.2. The Hall–Kier alpha value is -3.45. The molecular formula is C22H20N4O3. The molecule has 7 nitrogen and oxygen atoms in total. The fourth-order valence-corrected chi connectivity index (χ4v) is 3.40. The quantitative estimate of drug-likeness (QED) is 0.522. The second kappa shape index (κ2) is 7.18. The van der Waals surface area contributed by atoms with Gasteiger partial charge in [-0.3, -0.25) is 4.68 Å². The summed E-state index contributed by atoms with van der Waals surface area (Å²) in [6.07, 6.45) is -0.0630. The Kier molecular flexibility index (Phi) is 4.37. The molecule has 0 bridgehead atoms. The summed E-state index contributed by atoms with van der Waals surface area (Å²) in [6.45, 7) is 3.14. The highest BCUT2D eigenvalue weighted by Gasteiger charge is 2.24. The first kappa shape index (κ1) is 17.6. The predicted molar refractivity (Wildman–Crippen MR) is 106 cm³/mol. The van der Waals surface area contributed by atoms with Gasteiger partial charge in [-0.1, -0.05) is 47.1 Å². The van der Waals surface area contributed by atoms with E-state index in [2.05, 4.69) is 15.2 Å². The SMILES string of the molecule is COc1ccc([C@@H]2Cn3nc(-c4nc(-c5ccc(C)cc5)no4)cc3CO2)cc1. The second-order valence-electron chi connectivity index (χ2n) is 7.06. The van der Waals surface area contributed by atoms with Gasteiger partial charge in [0, 0.05) is 5.56 Å². The zero-order chi connectivity index (χ0) is 19.8. The maximum absolute atomic E-state index is 6.03. The summed E-state index contributed by atoms with van der Waals surface area (Å²) < 4.78 is 18.7. The predicted octanol–water partition coefficient (Wildman–Crippen LogP) is 4.19. The van der Waals surface area contributed by atoms with Crippen molar-refractivity contribution in [1.29, 1.82) is 0 Å². The molecule has 2 aromatic carbocycles. The summed E-state index contributed by atoms with van der Waals surface area (Å²) in [6, 6.07) is 17.9. The van der Waals surface area contributed by atoms with Gasteiger partial charge in [0.05, 0.1) is 26.0 Å². The van der Waals surface area contributed by atoms with Gasteiger partial charge >= 0.3 is 0 Å². The van der Waals surface area contributed by atoms with Gasteiger partial charge in [0.1, 0.15) is 11.9 Å². The number of aryl methyl sites for hydroxylation is 1. The Morgan fingerprint density at radius 1 is 1.07 bits per heavy atom. The number of hydrogen-bond donors (Lipinski definition) is 0. The van der Waals surface area contributed by atoms with Crippen LogP contribution in [0.1, 0.15) is 22.9 Å². The molecule has 0 saturated carbocycles. The number of ether oxygens (including phenoxy) is 2. The Balaban J connectivity index is 1.37. The van der Waals surface area contributed by atoms with Gasteiger partial charge in [-0.05, 0) is 30.7 Å². The molecule has 1 aliphatic rings. The van der Waals surface area contributed by atoms with E-state index in [1.54, 1.807) is 7.11 Å². The van der Waals surface area contributed by atoms with Gasteiger partial charge in [-0.25, -0.2) is 0 Å². The van der Waals surface area contributed by atoms with Crippen molar-refractivity contribution in [2.24, 2.45) is 0 Å². The van der Waals surface area contributed by atoms with Gasteiger partial charge in [0.15, 0.2) is 5.69 Å². The van der Waals surface area contributed by atoms with E-state index in [-0.39, 0.29) is 6.10 Å². The Morgan fingerprint density at radius 3 is 2.62 bits per heavy atom. The van der Waals surface area contributed by atoms with Crippen LogP contribution in [0, 0.1) is 6.92 Å². The first-order chi connectivity index (χ1) is 14.2. The Bertz CT molecular complexity index is 1130. The van der Waals surface area contributed by atoms with Crippen molar-refractivity contribution in [3.63, 3.8) is 0 Å². The lowest BCUT2D eigenvalue weighted by molar-refractivity contribution is -0.00115. The summed E-state index contributed by atoms with van der Waals surface area (Å²) in [4.78, 5) is 4.51. The van der Waals surface area contributed by atoms with Crippen LogP contribution < -0.4 is 4.74 Å². The molecule has 2 aromatic heterocycles. The van der Waals surface area contributed by atoms with Crippen LogP contribution in [0.2, 0.25) is 0 Å². The van der Waals surface area contributed by atoms with Crippen molar-refractivity contribution in [2.45, 2.75) is 26.2 Å². The average molecular weight is 388 g/mol. The number of fused-ring (bicyclic) bond motifs is 1. The van der Waals surface area contributed by atoms with Crippen molar-refractivity contribution in [1.82, 2.24) is 19.9 Å². The third-order valence-corrected chi connectivity index (χ3v) is 5.08. The number of methoxy groups -OCH3 is 1. The minimum absolute atomic E-state index is 0.0630. The van der Waals surface area contributed by atoms with Crippen molar-refractivity contribution >= 4 is 0 Å². The third-order valence-electron chi connectivity index (χ3n) is 5.08. The Labute approximate surface area is 167 Å². The number of benzene rings is 2. The third kappa shape index (κ3) is 3.40. The first-order valence-electron chi connectivity index (χ1n) is 9.43. The first-order valence-corrected chi connectivity index (χ1v) is 9.43. The summed E-state index contributed by atoms with van der Waals surface area (Å²) in [5.41, 5.74) is 4.83. The molecule has 146 valence electrons. The molecule has 1 aliphatic heterocycles. The topological polar surface area (TPSA) is 75.2 Å². The van der Waals surface area contributed by atoms with Crippen LogP contribution in [-0.4, -0.2) is 27.0 Å². The van der Waals surface area contributed by atoms with Crippen molar-refractivity contribution in [3.05, 3.63) is 71.4 Å². The zero-order valence-corrected chi connectivity index (χ0v) is 16.2. The van der Waals surface area contributed by atoms with Crippen molar-refractivity contribution < 1.29 is 14.0 Å². The van der Waals surface area contributed by atoms with Crippen molar-refractivity contribution in [2.75, 3.05) is 7.11 Å². The molecule has 4 aromatic rings. The highest BCUT2D eigenvalue weighted by atomic mass is 16.5. The van der Waals surface area contributed by atoms with Gasteiger partial charge in [-0.15, -0.1) is 0 Å². The minimum Gasteiger partial charge on any atom is -0.497 e. The molecule has 0 spiro atoms. The molecule has 0 N–H and O–H groups in total. The number of aromatic nitrogens is 4. The molecule has 3 heterocycles. The molecule has 0 radical (unpaired) electrons. The van der Waals surface area contributed by atoms with E-state index >= 15 is 0 Å². The van der Waals surface area contributed by atoms with Crippen LogP contribution in [0.4, 0.5) is 0 Å². The molecule has 7 heteroatoms. The van der Waals surface area contributed by atoms with Gasteiger partial charge in [0.2, 0.25) is 5.82 Å². The Morgan fingerprint density at radius 2 is 1.86 bits per heavy atom. The fourth-order valence-electron chi connectivity index (χ4n) is 3.40. The summed E-state index contributed by atoms with van der Waals surface area (Å²) >= 11 is 0. The van der Waals surface area contributed by atoms with Crippen LogP contribution in [0.25, 0.3) is 23.0 Å². The monoisotopic (exact) mass is 388 g/mol. The lowest BCUT2D eigenvalue weighted by atomic mass is 10.1. The number of hydrogen-bond acceptors (Lipinski definition) is 6. The number of nitrogens with zero attached hydrogens (tertiary/aromatic N) is 4. The molecule has 29 heavy (non-hydrogen) atoms. The summed E-state index contributed by atoms with van der Waals surface area (Å²) in [7, 11) is 1.66. The lowest BCUT2D eigenvalue weighted by Crippen LogP contribution is -2.21. The van der Waals surface area contributed by atoms with Crippen LogP contribution in [0.3, 0.4) is 0 Å². The molecule has 0 saturated heterocycles. The maximum Gasteiger partial charge on any atom is 0.278 e. The molecule has 1 atom stereocenters. The molecule has 5 rings (SSSR count). The van der Waals surface area contributed by atoms with Gasteiger partial charge in [-0.2, -0.15) is 10.1 Å². The van der Waals surface area contributed by atoms with Crippen LogP contribution in [-0.2, 0) is 17.9 Å². The van der Waals surface area contributed by atoms with E-state index < -0.39 is 0 Å². The van der Waals surface area contributed by atoms with Crippen LogP contribution >= 0.6 is 0 Å². The second-order valence-corrected chi connectivity index (χ2v) is 7.06. The molecular weight excluding hydrogens is 368 g/mol. The average Bonchev–Trinajstić information content (AvgIpc) is 3.41. The van der Waals surface area contributed by atoms with E-state index in [1.807, 2.05) is 66.2 Å². The van der Waals surface area contributed by atoms with Crippen LogP contribution in [0.5, 0.6) is 5.75 Å². The van der Waals surface area contributed by atoms with Crippen LogP contribution in [0.15, 0.2) is 59.1 Å². The molecule has 0 unspecified atom stereocenters. The maximum atomic E-state index is 6.03. The highest BCUT2D eigenvalue weighted by molar-refractivity contribution is 5.58. The van der Waals surface area contributed by atoms with Gasteiger partial charge < -0.3 is 14.0 Å².